The van der Waals surface area contributed by atoms with Crippen molar-refractivity contribution in [3.63, 3.8) is 0 Å². The van der Waals surface area contributed by atoms with Crippen molar-refractivity contribution in [2.24, 2.45) is 5.73 Å². The number of ether oxygens (including phenoxy) is 2. The number of nitrogens with zero attached hydrogens (tertiary/aromatic N) is 1. The highest BCUT2D eigenvalue weighted by molar-refractivity contribution is 5.70. The third kappa shape index (κ3) is 2.01. The number of carbonyl (C=O) groups is 1. The quantitative estimate of drug-likeness (QED) is 0.663. The first kappa shape index (κ1) is 11.7. The summed E-state index contributed by atoms with van der Waals surface area (Å²) in [6.45, 7) is 7.27. The van der Waals surface area contributed by atoms with E-state index >= 15 is 0 Å². The zero-order valence-corrected chi connectivity index (χ0v) is 10.2. The first-order valence-corrected chi connectivity index (χ1v) is 5.69. The van der Waals surface area contributed by atoms with Gasteiger partial charge in [-0.1, -0.05) is 0 Å². The van der Waals surface area contributed by atoms with Gasteiger partial charge in [0.05, 0.1) is 18.8 Å². The Morgan fingerprint density at radius 3 is 2.69 bits per heavy atom. The van der Waals surface area contributed by atoms with Crippen LogP contribution >= 0.6 is 0 Å². The summed E-state index contributed by atoms with van der Waals surface area (Å²) in [7, 11) is 0. The van der Waals surface area contributed by atoms with E-state index in [2.05, 4.69) is 0 Å². The number of carbonyl (C=O) groups excluding carboxylic acids is 1. The van der Waals surface area contributed by atoms with Crippen LogP contribution in [0.4, 0.5) is 4.79 Å². The Bertz CT molecular complexity index is 300. The van der Waals surface area contributed by atoms with Gasteiger partial charge in [-0.3, -0.25) is 4.90 Å². The predicted octanol–water partition coefficient (Wildman–Crippen LogP) is 0.724. The fourth-order valence-corrected chi connectivity index (χ4v) is 2.09. The van der Waals surface area contributed by atoms with Gasteiger partial charge in [-0.2, -0.15) is 0 Å². The van der Waals surface area contributed by atoms with Crippen LogP contribution in [-0.4, -0.2) is 47.9 Å². The summed E-state index contributed by atoms with van der Waals surface area (Å²) in [6.07, 6.45) is 0.537. The van der Waals surface area contributed by atoms with Gasteiger partial charge < -0.3 is 15.2 Å². The normalized spacial score (nSPS) is 34.0. The van der Waals surface area contributed by atoms with Crippen molar-refractivity contribution >= 4 is 6.09 Å². The van der Waals surface area contributed by atoms with Gasteiger partial charge in [-0.15, -0.1) is 0 Å². The lowest BCUT2D eigenvalue weighted by Gasteiger charge is -2.37. The van der Waals surface area contributed by atoms with E-state index in [1.165, 1.54) is 0 Å². The molecule has 1 aliphatic heterocycles. The fourth-order valence-electron chi connectivity index (χ4n) is 2.09. The van der Waals surface area contributed by atoms with Crippen molar-refractivity contribution in [3.8, 4) is 0 Å². The minimum atomic E-state index is -0.463. The topological polar surface area (TPSA) is 64.8 Å². The molecule has 1 spiro atoms. The Labute approximate surface area is 95.9 Å². The summed E-state index contributed by atoms with van der Waals surface area (Å²) in [4.78, 5) is 13.7. The maximum Gasteiger partial charge on any atom is 0.410 e. The number of nitrogens with two attached hydrogens (primary N) is 1. The van der Waals surface area contributed by atoms with Crippen molar-refractivity contribution in [1.82, 2.24) is 4.90 Å². The van der Waals surface area contributed by atoms with Gasteiger partial charge in [0, 0.05) is 12.6 Å². The van der Waals surface area contributed by atoms with Crippen LogP contribution in [0.1, 0.15) is 27.2 Å². The summed E-state index contributed by atoms with van der Waals surface area (Å²) in [5.41, 5.74) is 5.14. The molecule has 1 saturated carbocycles. The Hall–Kier alpha value is -0.810. The molecule has 92 valence electrons. The first-order valence-electron chi connectivity index (χ1n) is 5.69. The molecule has 2 atom stereocenters. The van der Waals surface area contributed by atoms with Crippen LogP contribution in [0.15, 0.2) is 0 Å². The zero-order chi connectivity index (χ0) is 12.0. The molecule has 0 radical (unpaired) electrons. The Kier molecular flexibility index (Phi) is 2.62. The van der Waals surface area contributed by atoms with Gasteiger partial charge in [-0.25, -0.2) is 4.79 Å². The molecule has 1 heterocycles. The van der Waals surface area contributed by atoms with Gasteiger partial charge in [-0.05, 0) is 27.2 Å². The second kappa shape index (κ2) is 3.60. The minimum Gasteiger partial charge on any atom is -0.444 e. The van der Waals surface area contributed by atoms with Gasteiger partial charge >= 0.3 is 6.09 Å². The van der Waals surface area contributed by atoms with E-state index in [-0.39, 0.29) is 17.7 Å². The molecule has 2 rings (SSSR count). The van der Waals surface area contributed by atoms with Gasteiger partial charge in [0.15, 0.2) is 0 Å². The molecule has 2 unspecified atom stereocenters. The zero-order valence-electron chi connectivity index (χ0n) is 10.2. The van der Waals surface area contributed by atoms with E-state index in [1.807, 2.05) is 20.8 Å². The van der Waals surface area contributed by atoms with E-state index < -0.39 is 5.60 Å². The predicted molar refractivity (Wildman–Crippen MR) is 59.1 cm³/mol. The van der Waals surface area contributed by atoms with E-state index in [0.29, 0.717) is 19.8 Å². The van der Waals surface area contributed by atoms with Gasteiger partial charge in [0.2, 0.25) is 0 Å². The van der Waals surface area contributed by atoms with Crippen molar-refractivity contribution in [2.75, 3.05) is 19.8 Å². The van der Waals surface area contributed by atoms with Crippen molar-refractivity contribution < 1.29 is 14.3 Å². The summed E-state index contributed by atoms with van der Waals surface area (Å²) >= 11 is 0. The second-order valence-corrected chi connectivity index (χ2v) is 5.60. The number of hydrogen-bond acceptors (Lipinski definition) is 4. The molecule has 0 aromatic rings. The molecular formula is C11H20N2O3. The molecule has 16 heavy (non-hydrogen) atoms. The number of amides is 1. The summed E-state index contributed by atoms with van der Waals surface area (Å²) < 4.78 is 10.8. The minimum absolute atomic E-state index is 0.0281. The highest BCUT2D eigenvalue weighted by Gasteiger charge is 2.60. The molecule has 2 N–H and O–H groups in total. The number of hydrogen-bond donors (Lipinski definition) is 1. The van der Waals surface area contributed by atoms with Gasteiger partial charge in [0.1, 0.15) is 5.60 Å². The molecule has 1 saturated heterocycles. The lowest BCUT2D eigenvalue weighted by molar-refractivity contribution is -0.0420. The monoisotopic (exact) mass is 228 g/mol. The number of morpholine rings is 1. The number of rotatable bonds is 0. The maximum atomic E-state index is 12.0. The summed E-state index contributed by atoms with van der Waals surface area (Å²) in [5.74, 6) is 0. The molecule has 5 heteroatoms. The molecule has 0 aromatic carbocycles. The van der Waals surface area contributed by atoms with Crippen molar-refractivity contribution in [3.05, 3.63) is 0 Å². The van der Waals surface area contributed by atoms with Gasteiger partial charge in [0.25, 0.3) is 0 Å². The standard InChI is InChI=1S/C11H20N2O3/c1-10(2,3)16-9(14)13-4-5-15-7-11(13)6-8(11)12/h8H,4-7,12H2,1-3H3. The van der Waals surface area contributed by atoms with Crippen LogP contribution < -0.4 is 5.73 Å². The molecule has 2 fully saturated rings. The average molecular weight is 228 g/mol. The first-order chi connectivity index (χ1) is 7.35. The molecule has 0 aromatic heterocycles. The highest BCUT2D eigenvalue weighted by Crippen LogP contribution is 2.43. The van der Waals surface area contributed by atoms with E-state index in [0.717, 1.165) is 6.42 Å². The van der Waals surface area contributed by atoms with Crippen LogP contribution in [0, 0.1) is 0 Å². The van der Waals surface area contributed by atoms with E-state index in [1.54, 1.807) is 4.90 Å². The van der Waals surface area contributed by atoms with Crippen molar-refractivity contribution in [2.45, 2.75) is 44.4 Å². The van der Waals surface area contributed by atoms with Crippen LogP contribution in [0.3, 0.4) is 0 Å². The largest absolute Gasteiger partial charge is 0.444 e. The molecule has 1 aliphatic carbocycles. The van der Waals surface area contributed by atoms with Crippen LogP contribution in [-0.2, 0) is 9.47 Å². The summed E-state index contributed by atoms with van der Waals surface area (Å²) in [5, 5.41) is 0. The Morgan fingerprint density at radius 2 is 2.19 bits per heavy atom. The van der Waals surface area contributed by atoms with Crippen LogP contribution in [0.2, 0.25) is 0 Å². The smallest absolute Gasteiger partial charge is 0.410 e. The molecular weight excluding hydrogens is 208 g/mol. The van der Waals surface area contributed by atoms with Crippen molar-refractivity contribution in [1.29, 1.82) is 0 Å². The molecule has 1 amide bonds. The third-order valence-electron chi connectivity index (χ3n) is 3.07. The molecule has 5 nitrogen and oxygen atoms in total. The lowest BCUT2D eigenvalue weighted by Crippen LogP contribution is -2.54. The Balaban J connectivity index is 2.05. The summed E-state index contributed by atoms with van der Waals surface area (Å²) in [6, 6.07) is 0.0281. The van der Waals surface area contributed by atoms with Crippen LogP contribution in [0.5, 0.6) is 0 Å². The Morgan fingerprint density at radius 1 is 1.56 bits per heavy atom. The highest BCUT2D eigenvalue weighted by atomic mass is 16.6. The third-order valence-corrected chi connectivity index (χ3v) is 3.07. The lowest BCUT2D eigenvalue weighted by atomic mass is 10.2. The van der Waals surface area contributed by atoms with E-state index in [9.17, 15) is 4.79 Å². The van der Waals surface area contributed by atoms with Crippen LogP contribution in [0.25, 0.3) is 0 Å². The average Bonchev–Trinajstić information content (AvgIpc) is 2.74. The maximum absolute atomic E-state index is 12.0. The molecule has 2 aliphatic rings. The van der Waals surface area contributed by atoms with E-state index in [4.69, 9.17) is 15.2 Å². The SMILES string of the molecule is CC(C)(C)OC(=O)N1CCOCC12CC2N. The molecule has 0 bridgehead atoms. The second-order valence-electron chi connectivity index (χ2n) is 5.60. The fraction of sp³-hybridized carbons (Fsp3) is 0.909.